The van der Waals surface area contributed by atoms with E-state index < -0.39 is 0 Å². The molecule has 0 aromatic carbocycles. The zero-order valence-corrected chi connectivity index (χ0v) is 20.1. The van der Waals surface area contributed by atoms with Gasteiger partial charge >= 0.3 is 0 Å². The van der Waals surface area contributed by atoms with Crippen LogP contribution in [0.3, 0.4) is 0 Å². The normalized spacial score (nSPS) is 64.5. The molecule has 1 N–H and O–H groups in total. The maximum Gasteiger partial charge on any atom is 0.165 e. The highest BCUT2D eigenvalue weighted by atomic mass is 16.7. The van der Waals surface area contributed by atoms with Gasteiger partial charge in [0.05, 0.1) is 29.5 Å². The number of aliphatic hydroxyl groups is 1. The Morgan fingerprint density at radius 2 is 1.94 bits per heavy atom. The molecule has 9 aliphatic rings. The summed E-state index contributed by atoms with van der Waals surface area (Å²) >= 11 is 0. The Morgan fingerprint density at radius 1 is 1.12 bits per heavy atom. The summed E-state index contributed by atoms with van der Waals surface area (Å²) in [7, 11) is 0. The molecule has 12 atom stereocenters. The summed E-state index contributed by atoms with van der Waals surface area (Å²) in [4.78, 5) is 0. The van der Waals surface area contributed by atoms with Crippen LogP contribution in [0.2, 0.25) is 0 Å². The molecule has 5 aliphatic carbocycles. The molecule has 12 unspecified atom stereocenters. The quantitative estimate of drug-likeness (QED) is 0.626. The van der Waals surface area contributed by atoms with Gasteiger partial charge in [-0.05, 0) is 82.0 Å². The van der Waals surface area contributed by atoms with Crippen molar-refractivity contribution in [1.82, 2.24) is 0 Å². The number of aliphatic hydroxyl groups excluding tert-OH is 1. The summed E-state index contributed by atoms with van der Waals surface area (Å²) in [5.41, 5.74) is 2.30. The van der Waals surface area contributed by atoms with Crippen molar-refractivity contribution in [1.29, 1.82) is 0 Å². The fourth-order valence-corrected chi connectivity index (χ4v) is 11.5. The topological polar surface area (TPSA) is 47.9 Å². The average molecular weight is 441 g/mol. The van der Waals surface area contributed by atoms with Gasteiger partial charge < -0.3 is 19.3 Å². The van der Waals surface area contributed by atoms with Crippen LogP contribution in [0.4, 0.5) is 0 Å². The van der Waals surface area contributed by atoms with Crippen molar-refractivity contribution < 1.29 is 19.3 Å². The van der Waals surface area contributed by atoms with Crippen LogP contribution >= 0.6 is 0 Å². The number of allylic oxidation sites excluding steroid dienone is 1. The Labute approximate surface area is 192 Å². The predicted octanol–water partition coefficient (Wildman–Crippen LogP) is 4.99. The molecule has 4 nitrogen and oxygen atoms in total. The Kier molecular flexibility index (Phi) is 3.43. The molecule has 0 radical (unpaired) electrons. The van der Waals surface area contributed by atoms with Gasteiger partial charge in [0.2, 0.25) is 0 Å². The van der Waals surface area contributed by atoms with Crippen LogP contribution in [0, 0.1) is 39.9 Å². The van der Waals surface area contributed by atoms with E-state index in [1.807, 2.05) is 0 Å². The number of ether oxygens (including phenoxy) is 3. The molecule has 176 valence electrons. The van der Waals surface area contributed by atoms with Gasteiger partial charge in [-0.1, -0.05) is 26.0 Å². The summed E-state index contributed by atoms with van der Waals surface area (Å²) < 4.78 is 20.7. The van der Waals surface area contributed by atoms with Crippen molar-refractivity contribution in [2.24, 2.45) is 39.9 Å². The lowest BCUT2D eigenvalue weighted by Gasteiger charge is -2.70. The van der Waals surface area contributed by atoms with Gasteiger partial charge in [0.25, 0.3) is 0 Å². The fraction of sp³-hybridized carbons (Fsp3) is 0.929. The molecule has 4 saturated heterocycles. The first-order valence-corrected chi connectivity index (χ1v) is 13.6. The molecular weight excluding hydrogens is 400 g/mol. The lowest BCUT2D eigenvalue weighted by molar-refractivity contribution is -0.358. The average Bonchev–Trinajstić information content (AvgIpc) is 3.11. The van der Waals surface area contributed by atoms with Crippen LogP contribution in [-0.4, -0.2) is 40.9 Å². The SMILES string of the molecule is C=C(CCC1(C)OC2OC3CC1C21CCC24CC25CCC(O)CC5C2CC4(O2)C31)C(C)C. The van der Waals surface area contributed by atoms with E-state index in [-0.39, 0.29) is 29.0 Å². The summed E-state index contributed by atoms with van der Waals surface area (Å²) in [5, 5.41) is 10.4. The van der Waals surface area contributed by atoms with Crippen LogP contribution in [-0.2, 0) is 14.2 Å². The van der Waals surface area contributed by atoms with Crippen LogP contribution in [0.5, 0.6) is 0 Å². The van der Waals surface area contributed by atoms with Crippen molar-refractivity contribution in [3.63, 3.8) is 0 Å². The molecule has 0 aromatic rings. The molecule has 4 heteroatoms. The van der Waals surface area contributed by atoms with E-state index in [0.29, 0.717) is 46.7 Å². The van der Waals surface area contributed by atoms with Gasteiger partial charge in [-0.25, -0.2) is 0 Å². The van der Waals surface area contributed by atoms with E-state index in [1.54, 1.807) is 0 Å². The maximum absolute atomic E-state index is 10.4. The molecule has 9 rings (SSSR count). The van der Waals surface area contributed by atoms with Gasteiger partial charge in [-0.2, -0.15) is 0 Å². The van der Waals surface area contributed by atoms with Crippen LogP contribution < -0.4 is 0 Å². The third kappa shape index (κ3) is 1.81. The second-order valence-electron chi connectivity index (χ2n) is 13.8. The van der Waals surface area contributed by atoms with Crippen molar-refractivity contribution in [2.75, 3.05) is 0 Å². The van der Waals surface area contributed by atoms with Crippen molar-refractivity contribution in [3.05, 3.63) is 12.2 Å². The second kappa shape index (κ2) is 5.53. The third-order valence-corrected chi connectivity index (χ3v) is 12.9. The number of rotatable bonds is 4. The van der Waals surface area contributed by atoms with E-state index in [0.717, 1.165) is 32.1 Å². The Bertz CT molecular complexity index is 907. The van der Waals surface area contributed by atoms with Crippen LogP contribution in [0.1, 0.15) is 85.0 Å². The molecule has 32 heavy (non-hydrogen) atoms. The molecule has 4 aliphatic heterocycles. The summed E-state index contributed by atoms with van der Waals surface area (Å²) in [6.07, 6.45) is 12.2. The molecule has 4 spiro atoms. The first kappa shape index (κ1) is 19.8. The molecule has 0 amide bonds. The van der Waals surface area contributed by atoms with Gasteiger partial charge in [-0.15, -0.1) is 0 Å². The molecular formula is C28H40O4. The number of hydrogen-bond donors (Lipinski definition) is 1. The standard InChI is InChI=1S/C28H40O4/c1-15(2)16(3)5-7-24(4)21-12-19-22-27(21,23(30-19)32-24)10-9-26-14-25(26)8-6-17(29)11-18(25)20-13-28(22,26)31-20/h15,17-23,29H,3,5-14H2,1-2,4H3. The first-order chi connectivity index (χ1) is 15.2. The molecule has 5 saturated carbocycles. The minimum absolute atomic E-state index is 0.0245. The number of hydrogen-bond acceptors (Lipinski definition) is 4. The summed E-state index contributed by atoms with van der Waals surface area (Å²) in [5.74, 6) is 2.26. The highest BCUT2D eigenvalue weighted by Gasteiger charge is 2.94. The summed E-state index contributed by atoms with van der Waals surface area (Å²) in [6.45, 7) is 11.2. The smallest absolute Gasteiger partial charge is 0.165 e. The fourth-order valence-electron chi connectivity index (χ4n) is 11.5. The minimum atomic E-state index is -0.105. The Morgan fingerprint density at radius 3 is 2.72 bits per heavy atom. The van der Waals surface area contributed by atoms with Crippen molar-refractivity contribution >= 4 is 0 Å². The largest absolute Gasteiger partial charge is 0.393 e. The van der Waals surface area contributed by atoms with Crippen LogP contribution in [0.15, 0.2) is 12.2 Å². The lowest BCUT2D eigenvalue weighted by atomic mass is 9.43. The van der Waals surface area contributed by atoms with Crippen molar-refractivity contribution in [2.45, 2.75) is 121 Å². The van der Waals surface area contributed by atoms with E-state index in [9.17, 15) is 5.11 Å². The second-order valence-corrected chi connectivity index (χ2v) is 13.8. The van der Waals surface area contributed by atoms with E-state index in [1.165, 1.54) is 37.7 Å². The van der Waals surface area contributed by atoms with Gasteiger partial charge in [0.15, 0.2) is 6.29 Å². The minimum Gasteiger partial charge on any atom is -0.393 e. The van der Waals surface area contributed by atoms with Gasteiger partial charge in [-0.3, -0.25) is 0 Å². The van der Waals surface area contributed by atoms with E-state index in [2.05, 4.69) is 27.4 Å². The predicted molar refractivity (Wildman–Crippen MR) is 120 cm³/mol. The molecule has 9 fully saturated rings. The Hall–Kier alpha value is -0.420. The zero-order chi connectivity index (χ0) is 21.9. The molecule has 4 bridgehead atoms. The van der Waals surface area contributed by atoms with Gasteiger partial charge in [0, 0.05) is 29.1 Å². The van der Waals surface area contributed by atoms with Gasteiger partial charge in [0.1, 0.15) is 0 Å². The highest BCUT2D eigenvalue weighted by molar-refractivity contribution is 5.41. The zero-order valence-electron chi connectivity index (χ0n) is 20.1. The maximum atomic E-state index is 10.4. The molecule has 4 heterocycles. The third-order valence-electron chi connectivity index (χ3n) is 12.9. The van der Waals surface area contributed by atoms with E-state index >= 15 is 0 Å². The van der Waals surface area contributed by atoms with Crippen molar-refractivity contribution in [3.8, 4) is 0 Å². The Balaban J connectivity index is 1.14. The monoisotopic (exact) mass is 440 g/mol. The highest BCUT2D eigenvalue weighted by Crippen LogP contribution is 2.92. The first-order valence-electron chi connectivity index (χ1n) is 13.6. The summed E-state index contributed by atoms with van der Waals surface area (Å²) in [6, 6.07) is 0. The molecule has 0 aromatic heterocycles. The lowest BCUT2D eigenvalue weighted by Crippen LogP contribution is -2.74. The van der Waals surface area contributed by atoms with Crippen LogP contribution in [0.25, 0.3) is 0 Å². The van der Waals surface area contributed by atoms with E-state index in [4.69, 9.17) is 14.2 Å².